The Morgan fingerprint density at radius 3 is 2.61 bits per heavy atom. The van der Waals surface area contributed by atoms with Gasteiger partial charge in [0.2, 0.25) is 0 Å². The molecule has 0 bridgehead atoms. The van der Waals surface area contributed by atoms with Gasteiger partial charge in [-0.15, -0.1) is 0 Å². The number of nitrogens with one attached hydrogen (secondary N) is 1. The van der Waals surface area contributed by atoms with Crippen LogP contribution in [0, 0.1) is 0 Å². The quantitative estimate of drug-likeness (QED) is 0.369. The van der Waals surface area contributed by atoms with Crippen molar-refractivity contribution < 1.29 is 18.7 Å². The largest absolute Gasteiger partial charge is 0.462 e. The van der Waals surface area contributed by atoms with E-state index < -0.39 is 17.5 Å². The average Bonchev–Trinajstić information content (AvgIpc) is 2.68. The van der Waals surface area contributed by atoms with Crippen LogP contribution in [-0.2, 0) is 4.74 Å². The monoisotopic (exact) mass is 419 g/mol. The standard InChI is InChI=1S/C20H15Cl2NO5/c21-15-7-6-13(11-16(15)22)19(25)27-9-3-8-23-18(24)14-10-12-4-1-2-5-17(12)28-20(14)26/h1-2,4-7,10-11H,3,8-9H2,(H,23,24). The minimum Gasteiger partial charge on any atom is -0.462 e. The van der Waals surface area contributed by atoms with Crippen LogP contribution >= 0.6 is 23.2 Å². The van der Waals surface area contributed by atoms with Gasteiger partial charge in [-0.25, -0.2) is 9.59 Å². The van der Waals surface area contributed by atoms with Crippen LogP contribution in [0.3, 0.4) is 0 Å². The number of ether oxygens (including phenoxy) is 1. The van der Waals surface area contributed by atoms with Gasteiger partial charge in [0.05, 0.1) is 22.2 Å². The molecule has 0 aliphatic carbocycles. The molecule has 8 heteroatoms. The van der Waals surface area contributed by atoms with Gasteiger partial charge in [-0.05, 0) is 36.8 Å². The lowest BCUT2D eigenvalue weighted by molar-refractivity contribution is 0.0501. The van der Waals surface area contributed by atoms with Gasteiger partial charge in [0, 0.05) is 11.9 Å². The Morgan fingerprint density at radius 1 is 1.04 bits per heavy atom. The molecule has 3 aromatic rings. The molecule has 0 radical (unpaired) electrons. The second-order valence-corrected chi connectivity index (χ2v) is 6.67. The van der Waals surface area contributed by atoms with Crippen molar-refractivity contribution in [3.8, 4) is 0 Å². The van der Waals surface area contributed by atoms with E-state index in [4.69, 9.17) is 32.4 Å². The van der Waals surface area contributed by atoms with Crippen LogP contribution in [0.1, 0.15) is 27.1 Å². The minimum atomic E-state index is -0.706. The van der Waals surface area contributed by atoms with E-state index in [1.54, 1.807) is 24.3 Å². The van der Waals surface area contributed by atoms with E-state index in [0.717, 1.165) is 0 Å². The van der Waals surface area contributed by atoms with Crippen LogP contribution in [0.25, 0.3) is 11.0 Å². The molecule has 6 nitrogen and oxygen atoms in total. The number of carbonyl (C=O) groups excluding carboxylic acids is 2. The molecule has 1 amide bonds. The van der Waals surface area contributed by atoms with Crippen molar-refractivity contribution in [3.63, 3.8) is 0 Å². The van der Waals surface area contributed by atoms with Crippen molar-refractivity contribution in [1.29, 1.82) is 0 Å². The van der Waals surface area contributed by atoms with Gasteiger partial charge >= 0.3 is 11.6 Å². The highest BCUT2D eigenvalue weighted by Crippen LogP contribution is 2.22. The zero-order chi connectivity index (χ0) is 20.1. The van der Waals surface area contributed by atoms with Gasteiger partial charge < -0.3 is 14.5 Å². The normalized spacial score (nSPS) is 10.6. The summed E-state index contributed by atoms with van der Waals surface area (Å²) in [4.78, 5) is 36.1. The lowest BCUT2D eigenvalue weighted by Gasteiger charge is -2.07. The molecule has 0 aliphatic rings. The maximum absolute atomic E-state index is 12.2. The van der Waals surface area contributed by atoms with Crippen molar-refractivity contribution in [1.82, 2.24) is 5.32 Å². The van der Waals surface area contributed by atoms with Crippen LogP contribution in [0.4, 0.5) is 0 Å². The number of carbonyl (C=O) groups is 2. The Hall–Kier alpha value is -2.83. The molecule has 0 saturated heterocycles. The smallest absolute Gasteiger partial charge is 0.349 e. The predicted molar refractivity (Wildman–Crippen MR) is 106 cm³/mol. The van der Waals surface area contributed by atoms with Crippen molar-refractivity contribution in [3.05, 3.63) is 80.1 Å². The molecule has 28 heavy (non-hydrogen) atoms. The molecular formula is C20H15Cl2NO5. The number of halogens is 2. The third-order valence-corrected chi connectivity index (χ3v) is 4.62. The van der Waals surface area contributed by atoms with Crippen LogP contribution in [0.15, 0.2) is 57.7 Å². The maximum Gasteiger partial charge on any atom is 0.349 e. The van der Waals surface area contributed by atoms with Gasteiger partial charge in [-0.1, -0.05) is 41.4 Å². The summed E-state index contributed by atoms with van der Waals surface area (Å²) < 4.78 is 10.3. The molecule has 0 atom stereocenters. The molecule has 1 N–H and O–H groups in total. The highest BCUT2D eigenvalue weighted by Gasteiger charge is 2.13. The summed E-state index contributed by atoms with van der Waals surface area (Å²) >= 11 is 11.7. The molecular weight excluding hydrogens is 405 g/mol. The predicted octanol–water partition coefficient (Wildman–Crippen LogP) is 4.08. The zero-order valence-corrected chi connectivity index (χ0v) is 16.0. The number of esters is 1. The van der Waals surface area contributed by atoms with Crippen LogP contribution in [0.2, 0.25) is 10.0 Å². The molecule has 0 spiro atoms. The summed E-state index contributed by atoms with van der Waals surface area (Å²) in [5.74, 6) is -1.09. The number of hydrogen-bond acceptors (Lipinski definition) is 5. The molecule has 0 unspecified atom stereocenters. The van der Waals surface area contributed by atoms with Gasteiger partial charge in [0.25, 0.3) is 5.91 Å². The van der Waals surface area contributed by atoms with Gasteiger partial charge in [-0.3, -0.25) is 4.79 Å². The Bertz CT molecular complexity index is 1090. The number of para-hydroxylation sites is 1. The summed E-state index contributed by atoms with van der Waals surface area (Å²) in [6.45, 7) is 0.311. The number of rotatable bonds is 6. The highest BCUT2D eigenvalue weighted by molar-refractivity contribution is 6.42. The van der Waals surface area contributed by atoms with Crippen molar-refractivity contribution in [2.75, 3.05) is 13.2 Å². The van der Waals surface area contributed by atoms with Crippen LogP contribution in [-0.4, -0.2) is 25.0 Å². The zero-order valence-electron chi connectivity index (χ0n) is 14.5. The lowest BCUT2D eigenvalue weighted by atomic mass is 10.2. The second kappa shape index (κ2) is 8.91. The number of hydrogen-bond donors (Lipinski definition) is 1. The first-order valence-electron chi connectivity index (χ1n) is 8.39. The topological polar surface area (TPSA) is 85.6 Å². The van der Waals surface area contributed by atoms with Crippen LogP contribution < -0.4 is 10.9 Å². The average molecular weight is 420 g/mol. The molecule has 1 aromatic heterocycles. The number of amides is 1. The molecule has 144 valence electrons. The van der Waals surface area contributed by atoms with E-state index in [1.807, 2.05) is 0 Å². The summed E-state index contributed by atoms with van der Waals surface area (Å²) in [5.41, 5.74) is -0.0841. The Labute approximate surface area is 170 Å². The first-order valence-corrected chi connectivity index (χ1v) is 9.14. The minimum absolute atomic E-state index is 0.0773. The van der Waals surface area contributed by atoms with Crippen LogP contribution in [0.5, 0.6) is 0 Å². The van der Waals surface area contributed by atoms with E-state index in [0.29, 0.717) is 22.4 Å². The third-order valence-electron chi connectivity index (χ3n) is 3.88. The summed E-state index contributed by atoms with van der Waals surface area (Å²) in [5, 5.41) is 3.87. The third kappa shape index (κ3) is 4.71. The molecule has 2 aromatic carbocycles. The fourth-order valence-corrected chi connectivity index (χ4v) is 2.76. The lowest BCUT2D eigenvalue weighted by Crippen LogP contribution is -2.29. The van der Waals surface area contributed by atoms with Crippen molar-refractivity contribution in [2.45, 2.75) is 6.42 Å². The van der Waals surface area contributed by atoms with E-state index in [1.165, 1.54) is 24.3 Å². The first kappa shape index (κ1) is 19.9. The fourth-order valence-electron chi connectivity index (χ4n) is 2.46. The van der Waals surface area contributed by atoms with E-state index in [2.05, 4.69) is 5.32 Å². The summed E-state index contributed by atoms with van der Waals surface area (Å²) in [7, 11) is 0. The van der Waals surface area contributed by atoms with E-state index in [9.17, 15) is 14.4 Å². The molecule has 3 rings (SSSR count). The van der Waals surface area contributed by atoms with Crippen molar-refractivity contribution in [2.24, 2.45) is 0 Å². The Kier molecular flexibility index (Phi) is 6.34. The maximum atomic E-state index is 12.2. The summed E-state index contributed by atoms with van der Waals surface area (Å²) in [6.07, 6.45) is 0.373. The molecule has 0 aliphatic heterocycles. The second-order valence-electron chi connectivity index (χ2n) is 5.86. The highest BCUT2D eigenvalue weighted by atomic mass is 35.5. The molecule has 1 heterocycles. The fraction of sp³-hybridized carbons (Fsp3) is 0.150. The van der Waals surface area contributed by atoms with Crippen molar-refractivity contribution >= 4 is 46.0 Å². The van der Waals surface area contributed by atoms with Gasteiger partial charge in [0.15, 0.2) is 0 Å². The Morgan fingerprint density at radius 2 is 1.82 bits per heavy atom. The first-order chi connectivity index (χ1) is 13.5. The van der Waals surface area contributed by atoms with E-state index in [-0.39, 0.29) is 29.3 Å². The Balaban J connectivity index is 1.49. The van der Waals surface area contributed by atoms with E-state index >= 15 is 0 Å². The summed E-state index contributed by atoms with van der Waals surface area (Å²) in [6, 6.07) is 12.9. The molecule has 0 fully saturated rings. The van der Waals surface area contributed by atoms with Gasteiger partial charge in [-0.2, -0.15) is 0 Å². The molecule has 0 saturated carbocycles. The van der Waals surface area contributed by atoms with Gasteiger partial charge in [0.1, 0.15) is 11.1 Å². The number of fused-ring (bicyclic) bond motifs is 1. The number of benzene rings is 2. The SMILES string of the molecule is O=C(OCCCNC(=O)c1cc2ccccc2oc1=O)c1ccc(Cl)c(Cl)c1.